The molecule has 2 atom stereocenters. The first-order valence-corrected chi connectivity index (χ1v) is 7.47. The summed E-state index contributed by atoms with van der Waals surface area (Å²) in [5.74, 6) is 0.786. The normalized spacial score (nSPS) is 15.4. The fraction of sp³-hybridized carbons (Fsp3) is 0.750. The summed E-state index contributed by atoms with van der Waals surface area (Å²) < 4.78 is 1.10. The van der Waals surface area contributed by atoms with E-state index in [1.54, 1.807) is 11.3 Å². The number of rotatable bonds is 6. The molecule has 16 heavy (non-hydrogen) atoms. The third-order valence-corrected chi connectivity index (χ3v) is 4.24. The van der Waals surface area contributed by atoms with Gasteiger partial charge < -0.3 is 5.32 Å². The molecule has 92 valence electrons. The summed E-state index contributed by atoms with van der Waals surface area (Å²) in [7, 11) is 0. The molecule has 0 aliphatic heterocycles. The van der Waals surface area contributed by atoms with Crippen molar-refractivity contribution in [3.8, 4) is 0 Å². The quantitative estimate of drug-likeness (QED) is 0.843. The minimum atomic E-state index is 0.346. The van der Waals surface area contributed by atoms with Crippen LogP contribution in [0.25, 0.3) is 0 Å². The Labute approximate surface area is 111 Å². The first-order valence-electron chi connectivity index (χ1n) is 5.86. The average Bonchev–Trinajstić information content (AvgIpc) is 2.62. The summed E-state index contributed by atoms with van der Waals surface area (Å²) in [4.78, 5) is 4.37. The monoisotopic (exact) mass is 304 g/mol. The Kier molecular flexibility index (Phi) is 5.94. The Balaban J connectivity index is 2.36. The number of halogens is 1. The van der Waals surface area contributed by atoms with Gasteiger partial charge in [0, 0.05) is 6.04 Å². The lowest BCUT2D eigenvalue weighted by Crippen LogP contribution is -2.29. The summed E-state index contributed by atoms with van der Waals surface area (Å²) in [6.45, 7) is 8.97. The van der Waals surface area contributed by atoms with Crippen molar-refractivity contribution in [2.75, 3.05) is 0 Å². The van der Waals surface area contributed by atoms with Gasteiger partial charge in [-0.05, 0) is 48.5 Å². The Morgan fingerprint density at radius 2 is 2.00 bits per heavy atom. The van der Waals surface area contributed by atoms with E-state index in [-0.39, 0.29) is 0 Å². The van der Waals surface area contributed by atoms with Crippen molar-refractivity contribution in [1.29, 1.82) is 0 Å². The summed E-state index contributed by atoms with van der Waals surface area (Å²) in [5.41, 5.74) is 0. The highest BCUT2D eigenvalue weighted by molar-refractivity contribution is 9.11. The van der Waals surface area contributed by atoms with Gasteiger partial charge in [0.15, 0.2) is 0 Å². The number of hydrogen-bond acceptors (Lipinski definition) is 3. The van der Waals surface area contributed by atoms with E-state index in [0.29, 0.717) is 12.1 Å². The molecule has 2 nitrogen and oxygen atoms in total. The maximum atomic E-state index is 4.37. The van der Waals surface area contributed by atoms with E-state index in [0.717, 1.165) is 14.7 Å². The zero-order chi connectivity index (χ0) is 12.1. The standard InChI is InChI=1S/C12H21BrN2S/c1-8(2)5-6-9(3)15-10(4)12-14-7-11(13)16-12/h7-10,15H,5-6H2,1-4H3. The van der Waals surface area contributed by atoms with Crippen LogP contribution in [0.5, 0.6) is 0 Å². The van der Waals surface area contributed by atoms with Crippen LogP contribution >= 0.6 is 27.3 Å². The molecule has 0 spiro atoms. The van der Waals surface area contributed by atoms with Gasteiger partial charge in [-0.3, -0.25) is 0 Å². The van der Waals surface area contributed by atoms with Crippen molar-refractivity contribution < 1.29 is 0 Å². The maximum absolute atomic E-state index is 4.37. The van der Waals surface area contributed by atoms with Crippen LogP contribution in [0.1, 0.15) is 51.6 Å². The average molecular weight is 305 g/mol. The molecule has 1 heterocycles. The molecule has 0 aliphatic carbocycles. The number of thiazole rings is 1. The van der Waals surface area contributed by atoms with Crippen LogP contribution in [-0.4, -0.2) is 11.0 Å². The minimum Gasteiger partial charge on any atom is -0.306 e. The number of hydrogen-bond donors (Lipinski definition) is 1. The molecule has 0 radical (unpaired) electrons. The predicted octanol–water partition coefficient (Wildman–Crippen LogP) is 4.38. The molecular weight excluding hydrogens is 284 g/mol. The van der Waals surface area contributed by atoms with Crippen molar-refractivity contribution in [2.24, 2.45) is 5.92 Å². The second kappa shape index (κ2) is 6.72. The van der Waals surface area contributed by atoms with Crippen LogP contribution in [0, 0.1) is 5.92 Å². The largest absolute Gasteiger partial charge is 0.306 e. The smallest absolute Gasteiger partial charge is 0.110 e. The van der Waals surface area contributed by atoms with Crippen molar-refractivity contribution in [2.45, 2.75) is 52.6 Å². The van der Waals surface area contributed by atoms with E-state index >= 15 is 0 Å². The highest BCUT2D eigenvalue weighted by Crippen LogP contribution is 2.24. The molecule has 1 aromatic rings. The zero-order valence-electron chi connectivity index (χ0n) is 10.5. The van der Waals surface area contributed by atoms with Crippen LogP contribution in [0.2, 0.25) is 0 Å². The second-order valence-electron chi connectivity index (χ2n) is 4.76. The van der Waals surface area contributed by atoms with Crippen molar-refractivity contribution in [3.05, 3.63) is 15.0 Å². The molecule has 1 rings (SSSR count). The molecule has 0 saturated carbocycles. The van der Waals surface area contributed by atoms with Gasteiger partial charge in [-0.25, -0.2) is 4.98 Å². The molecule has 0 fully saturated rings. The summed E-state index contributed by atoms with van der Waals surface area (Å²) >= 11 is 5.15. The molecular formula is C12H21BrN2S. The number of nitrogens with one attached hydrogen (secondary N) is 1. The fourth-order valence-electron chi connectivity index (χ4n) is 1.63. The summed E-state index contributed by atoms with van der Waals surface area (Å²) in [5, 5.41) is 4.75. The van der Waals surface area contributed by atoms with Crippen LogP contribution in [0.4, 0.5) is 0 Å². The molecule has 1 N–H and O–H groups in total. The van der Waals surface area contributed by atoms with E-state index in [2.05, 4.69) is 53.9 Å². The topological polar surface area (TPSA) is 24.9 Å². The predicted molar refractivity (Wildman–Crippen MR) is 74.9 cm³/mol. The number of nitrogens with zero attached hydrogens (tertiary/aromatic N) is 1. The van der Waals surface area contributed by atoms with E-state index in [4.69, 9.17) is 0 Å². The Morgan fingerprint density at radius 1 is 1.31 bits per heavy atom. The highest BCUT2D eigenvalue weighted by atomic mass is 79.9. The van der Waals surface area contributed by atoms with E-state index in [1.165, 1.54) is 12.8 Å². The SMILES string of the molecule is CC(C)CCC(C)NC(C)c1ncc(Br)s1. The molecule has 0 bridgehead atoms. The molecule has 0 saturated heterocycles. The van der Waals surface area contributed by atoms with Gasteiger partial charge in [-0.1, -0.05) is 13.8 Å². The van der Waals surface area contributed by atoms with Crippen LogP contribution < -0.4 is 5.32 Å². The molecule has 0 amide bonds. The lowest BCUT2D eigenvalue weighted by atomic mass is 10.0. The van der Waals surface area contributed by atoms with Gasteiger partial charge in [-0.15, -0.1) is 11.3 Å². The van der Waals surface area contributed by atoms with Crippen LogP contribution in [-0.2, 0) is 0 Å². The third-order valence-electron chi connectivity index (χ3n) is 2.58. The van der Waals surface area contributed by atoms with Gasteiger partial charge in [0.05, 0.1) is 16.0 Å². The first-order chi connectivity index (χ1) is 7.49. The van der Waals surface area contributed by atoms with Crippen LogP contribution in [0.15, 0.2) is 9.98 Å². The van der Waals surface area contributed by atoms with Crippen molar-refractivity contribution >= 4 is 27.3 Å². The van der Waals surface area contributed by atoms with Crippen LogP contribution in [0.3, 0.4) is 0 Å². The lowest BCUT2D eigenvalue weighted by Gasteiger charge is -2.19. The lowest BCUT2D eigenvalue weighted by molar-refractivity contribution is 0.416. The molecule has 0 aliphatic rings. The van der Waals surface area contributed by atoms with Crippen molar-refractivity contribution in [3.63, 3.8) is 0 Å². The van der Waals surface area contributed by atoms with Gasteiger partial charge in [0.1, 0.15) is 5.01 Å². The Hall–Kier alpha value is 0.0700. The Morgan fingerprint density at radius 3 is 2.50 bits per heavy atom. The van der Waals surface area contributed by atoms with E-state index < -0.39 is 0 Å². The minimum absolute atomic E-state index is 0.346. The molecule has 0 aromatic carbocycles. The van der Waals surface area contributed by atoms with Gasteiger partial charge in [-0.2, -0.15) is 0 Å². The van der Waals surface area contributed by atoms with Gasteiger partial charge in [0.2, 0.25) is 0 Å². The molecule has 2 unspecified atom stereocenters. The van der Waals surface area contributed by atoms with Gasteiger partial charge in [0.25, 0.3) is 0 Å². The van der Waals surface area contributed by atoms with Crippen molar-refractivity contribution in [1.82, 2.24) is 10.3 Å². The summed E-state index contributed by atoms with van der Waals surface area (Å²) in [6, 6.07) is 0.901. The molecule has 4 heteroatoms. The number of aromatic nitrogens is 1. The highest BCUT2D eigenvalue weighted by Gasteiger charge is 2.12. The van der Waals surface area contributed by atoms with Gasteiger partial charge >= 0.3 is 0 Å². The van der Waals surface area contributed by atoms with E-state index in [9.17, 15) is 0 Å². The fourth-order valence-corrected chi connectivity index (χ4v) is 2.89. The maximum Gasteiger partial charge on any atom is 0.110 e. The first kappa shape index (κ1) is 14.1. The second-order valence-corrected chi connectivity index (χ2v) is 7.20. The zero-order valence-corrected chi connectivity index (χ0v) is 12.9. The third kappa shape index (κ3) is 4.93. The summed E-state index contributed by atoms with van der Waals surface area (Å²) in [6.07, 6.45) is 4.38. The Bertz CT molecular complexity index is 312. The molecule has 1 aromatic heterocycles. The van der Waals surface area contributed by atoms with E-state index in [1.807, 2.05) is 6.20 Å².